The summed E-state index contributed by atoms with van der Waals surface area (Å²) in [6, 6.07) is 7.86. The highest BCUT2D eigenvalue weighted by Gasteiger charge is 2.14. The van der Waals surface area contributed by atoms with Crippen molar-refractivity contribution >= 4 is 28.9 Å². The number of nitro benzene ring substituents is 1. The smallest absolute Gasteiger partial charge is 0.276 e. The minimum atomic E-state index is -0.913. The zero-order valence-corrected chi connectivity index (χ0v) is 14.7. The first-order valence-corrected chi connectivity index (χ1v) is 8.08. The lowest BCUT2D eigenvalue weighted by atomic mass is 10.3. The normalized spacial score (nSPS) is 10.5. The second kappa shape index (κ2) is 8.01. The van der Waals surface area contributed by atoms with Gasteiger partial charge in [0.05, 0.1) is 15.6 Å². The molecular formula is C17H11ClF2N4O4. The standard InChI is InChI=1S/C17H11ClF2N4O4/c18-12-8-11(24(26)27)2-4-16(12)28-9-23-6-5-15(22-23)17(25)21-14-3-1-10(19)7-13(14)20/h1-8H,9H2,(H,21,25). The van der Waals surface area contributed by atoms with Crippen molar-refractivity contribution in [2.45, 2.75) is 6.73 Å². The Hall–Kier alpha value is -3.53. The zero-order chi connectivity index (χ0) is 20.3. The molecule has 0 spiro atoms. The van der Waals surface area contributed by atoms with Crippen molar-refractivity contribution in [3.63, 3.8) is 0 Å². The van der Waals surface area contributed by atoms with Gasteiger partial charge in [-0.05, 0) is 24.3 Å². The van der Waals surface area contributed by atoms with Crippen LogP contribution in [0.2, 0.25) is 5.02 Å². The molecular weight excluding hydrogens is 398 g/mol. The molecule has 0 fully saturated rings. The van der Waals surface area contributed by atoms with E-state index in [0.29, 0.717) is 6.07 Å². The van der Waals surface area contributed by atoms with E-state index < -0.39 is 22.5 Å². The quantitative estimate of drug-likeness (QED) is 0.490. The molecule has 1 N–H and O–H groups in total. The van der Waals surface area contributed by atoms with E-state index in [1.54, 1.807) is 0 Å². The van der Waals surface area contributed by atoms with Crippen LogP contribution in [0.15, 0.2) is 48.7 Å². The van der Waals surface area contributed by atoms with E-state index in [9.17, 15) is 23.7 Å². The van der Waals surface area contributed by atoms with Crippen molar-refractivity contribution in [3.05, 3.63) is 81.1 Å². The van der Waals surface area contributed by atoms with Crippen molar-refractivity contribution in [2.24, 2.45) is 0 Å². The fourth-order valence-electron chi connectivity index (χ4n) is 2.19. The maximum Gasteiger partial charge on any atom is 0.276 e. The lowest BCUT2D eigenvalue weighted by Crippen LogP contribution is -2.15. The van der Waals surface area contributed by atoms with Crippen LogP contribution in [-0.4, -0.2) is 20.6 Å². The summed E-state index contributed by atoms with van der Waals surface area (Å²) in [5.74, 6) is -2.18. The number of ether oxygens (including phenoxy) is 1. The van der Waals surface area contributed by atoms with E-state index in [0.717, 1.165) is 18.2 Å². The van der Waals surface area contributed by atoms with Gasteiger partial charge >= 0.3 is 0 Å². The number of aromatic nitrogens is 2. The van der Waals surface area contributed by atoms with Crippen molar-refractivity contribution < 1.29 is 23.2 Å². The van der Waals surface area contributed by atoms with Crippen LogP contribution in [0, 0.1) is 21.7 Å². The number of rotatable bonds is 6. The third kappa shape index (κ3) is 4.41. The Bertz CT molecular complexity index is 1060. The summed E-state index contributed by atoms with van der Waals surface area (Å²) in [6.07, 6.45) is 1.44. The van der Waals surface area contributed by atoms with E-state index in [-0.39, 0.29) is 34.6 Å². The molecule has 0 saturated carbocycles. The molecule has 3 aromatic rings. The number of carbonyl (C=O) groups is 1. The van der Waals surface area contributed by atoms with Gasteiger partial charge in [0.15, 0.2) is 12.4 Å². The molecule has 0 aliphatic rings. The van der Waals surface area contributed by atoms with E-state index in [2.05, 4.69) is 10.4 Å². The fourth-order valence-corrected chi connectivity index (χ4v) is 2.42. The Morgan fingerprint density at radius 1 is 1.25 bits per heavy atom. The summed E-state index contributed by atoms with van der Waals surface area (Å²) in [7, 11) is 0. The summed E-state index contributed by atoms with van der Waals surface area (Å²) < 4.78 is 33.2. The van der Waals surface area contributed by atoms with Crippen LogP contribution in [0.4, 0.5) is 20.2 Å². The summed E-state index contributed by atoms with van der Waals surface area (Å²) in [5, 5.41) is 17.0. The molecule has 8 nitrogen and oxygen atoms in total. The van der Waals surface area contributed by atoms with Crippen molar-refractivity contribution in [3.8, 4) is 5.75 Å². The molecule has 144 valence electrons. The van der Waals surface area contributed by atoms with Crippen LogP contribution in [0.25, 0.3) is 0 Å². The molecule has 0 aliphatic heterocycles. The number of anilines is 1. The Balaban J connectivity index is 1.64. The summed E-state index contributed by atoms with van der Waals surface area (Å²) in [4.78, 5) is 22.2. The summed E-state index contributed by atoms with van der Waals surface area (Å²) in [5.41, 5.74) is -0.389. The maximum atomic E-state index is 13.6. The second-order valence-corrected chi connectivity index (χ2v) is 5.87. The van der Waals surface area contributed by atoms with E-state index >= 15 is 0 Å². The van der Waals surface area contributed by atoms with Gasteiger partial charge in [0.1, 0.15) is 17.4 Å². The maximum absolute atomic E-state index is 13.6. The third-order valence-corrected chi connectivity index (χ3v) is 3.83. The van der Waals surface area contributed by atoms with E-state index in [1.807, 2.05) is 0 Å². The Kier molecular flexibility index (Phi) is 5.50. The molecule has 0 aliphatic carbocycles. The highest BCUT2D eigenvalue weighted by Crippen LogP contribution is 2.28. The number of hydrogen-bond acceptors (Lipinski definition) is 5. The van der Waals surface area contributed by atoms with Gasteiger partial charge in [-0.1, -0.05) is 11.6 Å². The SMILES string of the molecule is O=C(Nc1ccc(F)cc1F)c1ccn(COc2ccc([N+](=O)[O-])cc2Cl)n1. The first kappa shape index (κ1) is 19.2. The molecule has 0 unspecified atom stereocenters. The number of benzene rings is 2. The third-order valence-electron chi connectivity index (χ3n) is 3.53. The molecule has 11 heteroatoms. The molecule has 2 aromatic carbocycles. The molecule has 0 saturated heterocycles. The van der Waals surface area contributed by atoms with Gasteiger partial charge in [0.25, 0.3) is 11.6 Å². The lowest BCUT2D eigenvalue weighted by molar-refractivity contribution is -0.384. The minimum Gasteiger partial charge on any atom is -0.470 e. The largest absolute Gasteiger partial charge is 0.470 e. The number of hydrogen-bond donors (Lipinski definition) is 1. The van der Waals surface area contributed by atoms with Crippen LogP contribution in [-0.2, 0) is 6.73 Å². The molecule has 3 rings (SSSR count). The first-order chi connectivity index (χ1) is 13.3. The number of carbonyl (C=O) groups excluding carboxylic acids is 1. The van der Waals surface area contributed by atoms with Gasteiger partial charge in [0.2, 0.25) is 0 Å². The average molecular weight is 409 g/mol. The van der Waals surface area contributed by atoms with Crippen molar-refractivity contribution in [2.75, 3.05) is 5.32 Å². The van der Waals surface area contributed by atoms with Gasteiger partial charge in [0, 0.05) is 24.4 Å². The van der Waals surface area contributed by atoms with Crippen molar-refractivity contribution in [1.29, 1.82) is 0 Å². The van der Waals surface area contributed by atoms with Gasteiger partial charge in [-0.15, -0.1) is 0 Å². The van der Waals surface area contributed by atoms with E-state index in [4.69, 9.17) is 16.3 Å². The molecule has 1 heterocycles. The number of halogens is 3. The van der Waals surface area contributed by atoms with Crippen LogP contribution < -0.4 is 10.1 Å². The van der Waals surface area contributed by atoms with E-state index in [1.165, 1.54) is 29.1 Å². The topological polar surface area (TPSA) is 99.3 Å². The van der Waals surface area contributed by atoms with Gasteiger partial charge in [-0.25, -0.2) is 13.5 Å². The predicted octanol–water partition coefficient (Wildman–Crippen LogP) is 4.01. The molecule has 0 radical (unpaired) electrons. The molecule has 0 bridgehead atoms. The number of nitro groups is 1. The second-order valence-electron chi connectivity index (χ2n) is 5.46. The van der Waals surface area contributed by atoms with Crippen LogP contribution >= 0.6 is 11.6 Å². The monoisotopic (exact) mass is 408 g/mol. The predicted molar refractivity (Wildman–Crippen MR) is 95.3 cm³/mol. The summed E-state index contributed by atoms with van der Waals surface area (Å²) in [6.45, 7) is -0.129. The van der Waals surface area contributed by atoms with Gasteiger partial charge < -0.3 is 10.1 Å². The number of amides is 1. The fraction of sp³-hybridized carbons (Fsp3) is 0.0588. The molecule has 0 atom stereocenters. The molecule has 1 aromatic heterocycles. The average Bonchev–Trinajstić information content (AvgIpc) is 3.12. The highest BCUT2D eigenvalue weighted by molar-refractivity contribution is 6.32. The number of nitrogens with zero attached hydrogens (tertiary/aromatic N) is 3. The Morgan fingerprint density at radius 2 is 2.04 bits per heavy atom. The minimum absolute atomic E-state index is 0.0258. The number of nitrogens with one attached hydrogen (secondary N) is 1. The highest BCUT2D eigenvalue weighted by atomic mass is 35.5. The molecule has 1 amide bonds. The van der Waals surface area contributed by atoms with Crippen molar-refractivity contribution in [1.82, 2.24) is 9.78 Å². The Morgan fingerprint density at radius 3 is 2.71 bits per heavy atom. The van der Waals surface area contributed by atoms with Crippen LogP contribution in [0.5, 0.6) is 5.75 Å². The van der Waals surface area contributed by atoms with Crippen LogP contribution in [0.1, 0.15) is 10.5 Å². The zero-order valence-electron chi connectivity index (χ0n) is 13.9. The first-order valence-electron chi connectivity index (χ1n) is 7.70. The van der Waals surface area contributed by atoms with Gasteiger partial charge in [-0.3, -0.25) is 14.9 Å². The van der Waals surface area contributed by atoms with Crippen LogP contribution in [0.3, 0.4) is 0 Å². The number of non-ortho nitro benzene ring substituents is 1. The summed E-state index contributed by atoms with van der Waals surface area (Å²) >= 11 is 5.93. The van der Waals surface area contributed by atoms with Gasteiger partial charge in [-0.2, -0.15) is 5.10 Å². The Labute approximate surface area is 161 Å². The lowest BCUT2D eigenvalue weighted by Gasteiger charge is -2.08. The molecule has 28 heavy (non-hydrogen) atoms.